The lowest BCUT2D eigenvalue weighted by atomic mass is 10.1. The van der Waals surface area contributed by atoms with Crippen LogP contribution in [0.3, 0.4) is 0 Å². The maximum Gasteiger partial charge on any atom is 0.271 e. The zero-order chi connectivity index (χ0) is 22.0. The minimum Gasteiger partial charge on any atom is -0.370 e. The van der Waals surface area contributed by atoms with Crippen LogP contribution in [0.1, 0.15) is 6.42 Å². The molecule has 0 aliphatic carbocycles. The normalized spacial score (nSPS) is 14.9. The molecule has 9 heteroatoms. The maximum absolute atomic E-state index is 13.5. The molecule has 0 atom stereocenters. The third kappa shape index (κ3) is 4.06. The number of hydrogen-bond donors (Lipinski definition) is 1. The molecule has 4 rings (SSSR count). The summed E-state index contributed by atoms with van der Waals surface area (Å²) in [6, 6.07) is 16.6. The second-order valence-corrected chi connectivity index (χ2v) is 9.41. The van der Waals surface area contributed by atoms with E-state index in [1.54, 1.807) is 12.1 Å². The van der Waals surface area contributed by atoms with Gasteiger partial charge in [0.25, 0.3) is 15.7 Å². The van der Waals surface area contributed by atoms with Gasteiger partial charge in [0, 0.05) is 55.3 Å². The quantitative estimate of drug-likeness (QED) is 0.483. The summed E-state index contributed by atoms with van der Waals surface area (Å²) in [5.74, 6) is 0. The number of nitrogens with zero attached hydrogens (tertiary/aromatic N) is 3. The fourth-order valence-electron chi connectivity index (χ4n) is 3.93. The van der Waals surface area contributed by atoms with Gasteiger partial charge in [0.15, 0.2) is 0 Å². The fourth-order valence-corrected chi connectivity index (χ4v) is 5.31. The molecule has 8 nitrogen and oxygen atoms in total. The molecule has 1 saturated heterocycles. The summed E-state index contributed by atoms with van der Waals surface area (Å²) in [5.41, 5.74) is 1.09. The van der Waals surface area contributed by atoms with Gasteiger partial charge in [-0.05, 0) is 31.2 Å². The van der Waals surface area contributed by atoms with Crippen molar-refractivity contribution >= 4 is 37.9 Å². The Labute approximate surface area is 181 Å². The first kappa shape index (κ1) is 21.1. The highest BCUT2D eigenvalue weighted by Crippen LogP contribution is 2.34. The molecule has 0 radical (unpaired) electrons. The van der Waals surface area contributed by atoms with Gasteiger partial charge in [-0.15, -0.1) is 0 Å². The molecule has 3 aromatic rings. The number of nitro benzene ring substituents is 1. The SMILES string of the molecule is CN(c1cccc([N+](=O)[O-])c1)S(=O)(=O)c1ccc(N2CCCNCC2)c2ccccc12. The molecule has 1 aliphatic rings. The number of hydrogen-bond acceptors (Lipinski definition) is 6. The highest BCUT2D eigenvalue weighted by Gasteiger charge is 2.26. The van der Waals surface area contributed by atoms with Gasteiger partial charge in [-0.25, -0.2) is 8.42 Å². The Balaban J connectivity index is 1.79. The molecule has 162 valence electrons. The number of fused-ring (bicyclic) bond motifs is 1. The molecule has 1 aliphatic heterocycles. The lowest BCUT2D eigenvalue weighted by Gasteiger charge is -2.26. The lowest BCUT2D eigenvalue weighted by molar-refractivity contribution is -0.384. The lowest BCUT2D eigenvalue weighted by Crippen LogP contribution is -2.29. The Hall–Kier alpha value is -3.17. The number of sulfonamides is 1. The van der Waals surface area contributed by atoms with Crippen molar-refractivity contribution in [2.45, 2.75) is 11.3 Å². The van der Waals surface area contributed by atoms with E-state index >= 15 is 0 Å². The van der Waals surface area contributed by atoms with Crippen molar-refractivity contribution in [1.82, 2.24) is 5.32 Å². The van der Waals surface area contributed by atoms with E-state index in [2.05, 4.69) is 10.2 Å². The van der Waals surface area contributed by atoms with E-state index in [1.165, 1.54) is 25.2 Å². The Bertz CT molecular complexity index is 1220. The van der Waals surface area contributed by atoms with Gasteiger partial charge in [0.1, 0.15) is 0 Å². The van der Waals surface area contributed by atoms with Crippen LogP contribution < -0.4 is 14.5 Å². The number of non-ortho nitro benzene ring substituents is 1. The number of nitro groups is 1. The Morgan fingerprint density at radius 1 is 1.00 bits per heavy atom. The number of nitrogens with one attached hydrogen (secondary N) is 1. The molecular weight excluding hydrogens is 416 g/mol. The predicted molar refractivity (Wildman–Crippen MR) is 122 cm³/mol. The first-order valence-electron chi connectivity index (χ1n) is 10.1. The Morgan fingerprint density at radius 2 is 1.77 bits per heavy atom. The Morgan fingerprint density at radius 3 is 2.55 bits per heavy atom. The highest BCUT2D eigenvalue weighted by atomic mass is 32.2. The number of benzene rings is 3. The van der Waals surface area contributed by atoms with E-state index in [1.807, 2.05) is 30.3 Å². The van der Waals surface area contributed by atoms with Gasteiger partial charge in [0.05, 0.1) is 15.5 Å². The topological polar surface area (TPSA) is 95.8 Å². The van der Waals surface area contributed by atoms with E-state index in [-0.39, 0.29) is 16.3 Å². The molecule has 0 unspecified atom stereocenters. The van der Waals surface area contributed by atoms with E-state index in [0.717, 1.165) is 48.0 Å². The first-order valence-corrected chi connectivity index (χ1v) is 11.5. The van der Waals surface area contributed by atoms with Crippen LogP contribution in [0.25, 0.3) is 10.8 Å². The average Bonchev–Trinajstić information content (AvgIpc) is 3.07. The standard InChI is InChI=1S/C22H24N4O4S/c1-24(17-6-4-7-18(16-17)26(27)28)31(29,30)22-11-10-21(19-8-2-3-9-20(19)22)25-14-5-12-23-13-15-25/h2-4,6-11,16,23H,5,12-15H2,1H3. The van der Waals surface area contributed by atoms with Crippen molar-refractivity contribution in [3.63, 3.8) is 0 Å². The van der Waals surface area contributed by atoms with Crippen LogP contribution >= 0.6 is 0 Å². The monoisotopic (exact) mass is 440 g/mol. The largest absolute Gasteiger partial charge is 0.370 e. The molecule has 0 spiro atoms. The van der Waals surface area contributed by atoms with Crippen molar-refractivity contribution < 1.29 is 13.3 Å². The van der Waals surface area contributed by atoms with Crippen molar-refractivity contribution in [3.05, 3.63) is 70.8 Å². The number of rotatable bonds is 5. The molecule has 31 heavy (non-hydrogen) atoms. The zero-order valence-corrected chi connectivity index (χ0v) is 18.0. The fraction of sp³-hybridized carbons (Fsp3) is 0.273. The van der Waals surface area contributed by atoms with Gasteiger partial charge in [0.2, 0.25) is 0 Å². The third-order valence-electron chi connectivity index (χ3n) is 5.58. The summed E-state index contributed by atoms with van der Waals surface area (Å²) >= 11 is 0. The van der Waals surface area contributed by atoms with Crippen molar-refractivity contribution in [1.29, 1.82) is 0 Å². The van der Waals surface area contributed by atoms with Crippen LogP contribution in [-0.4, -0.2) is 46.6 Å². The second kappa shape index (κ2) is 8.52. The predicted octanol–water partition coefficient (Wildman–Crippen LogP) is 3.37. The summed E-state index contributed by atoms with van der Waals surface area (Å²) in [4.78, 5) is 13.0. The summed E-state index contributed by atoms with van der Waals surface area (Å²) in [7, 11) is -2.52. The summed E-state index contributed by atoms with van der Waals surface area (Å²) in [6.45, 7) is 3.60. The van der Waals surface area contributed by atoms with Crippen LogP contribution in [0.2, 0.25) is 0 Å². The molecular formula is C22H24N4O4S. The van der Waals surface area contributed by atoms with Crippen molar-refractivity contribution in [3.8, 4) is 0 Å². The van der Waals surface area contributed by atoms with Crippen LogP contribution in [0.15, 0.2) is 65.6 Å². The van der Waals surface area contributed by atoms with E-state index in [0.29, 0.717) is 5.39 Å². The average molecular weight is 441 g/mol. The molecule has 0 bridgehead atoms. The zero-order valence-electron chi connectivity index (χ0n) is 17.2. The maximum atomic E-state index is 13.5. The Kier molecular flexibility index (Phi) is 5.79. The van der Waals surface area contributed by atoms with E-state index < -0.39 is 14.9 Å². The van der Waals surface area contributed by atoms with Gasteiger partial charge in [-0.1, -0.05) is 30.3 Å². The molecule has 0 amide bonds. The molecule has 1 fully saturated rings. The third-order valence-corrected chi connectivity index (χ3v) is 7.43. The van der Waals surface area contributed by atoms with Crippen LogP contribution in [0.5, 0.6) is 0 Å². The van der Waals surface area contributed by atoms with Crippen LogP contribution in [0.4, 0.5) is 17.1 Å². The minimum atomic E-state index is -3.94. The van der Waals surface area contributed by atoms with Gasteiger partial charge in [-0.3, -0.25) is 14.4 Å². The second-order valence-electron chi connectivity index (χ2n) is 7.47. The molecule has 3 aromatic carbocycles. The van der Waals surface area contributed by atoms with Crippen molar-refractivity contribution in [2.75, 3.05) is 42.4 Å². The highest BCUT2D eigenvalue weighted by molar-refractivity contribution is 7.93. The van der Waals surface area contributed by atoms with Crippen LogP contribution in [-0.2, 0) is 10.0 Å². The molecule has 0 aromatic heterocycles. The van der Waals surface area contributed by atoms with Gasteiger partial charge < -0.3 is 10.2 Å². The van der Waals surface area contributed by atoms with Crippen molar-refractivity contribution in [2.24, 2.45) is 0 Å². The summed E-state index contributed by atoms with van der Waals surface area (Å²) in [5, 5.41) is 16.0. The minimum absolute atomic E-state index is 0.158. The number of anilines is 2. The van der Waals surface area contributed by atoms with E-state index in [4.69, 9.17) is 0 Å². The molecule has 1 heterocycles. The first-order chi connectivity index (χ1) is 14.9. The van der Waals surface area contributed by atoms with Gasteiger partial charge in [-0.2, -0.15) is 0 Å². The molecule has 0 saturated carbocycles. The van der Waals surface area contributed by atoms with E-state index in [9.17, 15) is 18.5 Å². The summed E-state index contributed by atoms with van der Waals surface area (Å²) in [6.07, 6.45) is 1.02. The molecule has 1 N–H and O–H groups in total. The summed E-state index contributed by atoms with van der Waals surface area (Å²) < 4.78 is 28.1. The smallest absolute Gasteiger partial charge is 0.271 e. The van der Waals surface area contributed by atoms with Gasteiger partial charge >= 0.3 is 0 Å². The van der Waals surface area contributed by atoms with Crippen LogP contribution in [0, 0.1) is 10.1 Å².